The quantitative estimate of drug-likeness (QED) is 0.783. The lowest BCUT2D eigenvalue weighted by Gasteiger charge is -2.21. The maximum Gasteiger partial charge on any atom is 0.122 e. The second kappa shape index (κ2) is 7.39. The van der Waals surface area contributed by atoms with Gasteiger partial charge in [0, 0.05) is 12.6 Å². The number of hydrogen-bond acceptors (Lipinski definition) is 3. The van der Waals surface area contributed by atoms with Gasteiger partial charge >= 0.3 is 0 Å². The Morgan fingerprint density at radius 3 is 2.56 bits per heavy atom. The zero-order valence-electron chi connectivity index (χ0n) is 11.9. The molecule has 0 aromatic heterocycles. The van der Waals surface area contributed by atoms with Gasteiger partial charge < -0.3 is 15.2 Å². The van der Waals surface area contributed by atoms with E-state index in [1.54, 1.807) is 0 Å². The third-order valence-corrected chi connectivity index (χ3v) is 3.38. The molecule has 3 heteroatoms. The first-order chi connectivity index (χ1) is 8.65. The highest BCUT2D eigenvalue weighted by Gasteiger charge is 2.14. The smallest absolute Gasteiger partial charge is 0.122 e. The first-order valence-electron chi connectivity index (χ1n) is 6.66. The Morgan fingerprint density at radius 1 is 1.28 bits per heavy atom. The van der Waals surface area contributed by atoms with Crippen molar-refractivity contribution >= 4 is 0 Å². The fourth-order valence-corrected chi connectivity index (χ4v) is 2.15. The fraction of sp³-hybridized carbons (Fsp3) is 0.600. The molecule has 102 valence electrons. The Balaban J connectivity index is 2.98. The van der Waals surface area contributed by atoms with E-state index in [1.807, 2.05) is 13.1 Å². The SMILES string of the molecule is CCCOc1ccc(C(CCO)NC)c(C)c1C. The minimum Gasteiger partial charge on any atom is -0.493 e. The Kier molecular flexibility index (Phi) is 6.16. The summed E-state index contributed by atoms with van der Waals surface area (Å²) in [7, 11) is 1.93. The summed E-state index contributed by atoms with van der Waals surface area (Å²) in [5, 5.41) is 12.3. The highest BCUT2D eigenvalue weighted by molar-refractivity contribution is 5.44. The molecule has 0 aliphatic rings. The third kappa shape index (κ3) is 3.47. The topological polar surface area (TPSA) is 41.5 Å². The van der Waals surface area contributed by atoms with Crippen molar-refractivity contribution in [1.29, 1.82) is 0 Å². The lowest BCUT2D eigenvalue weighted by molar-refractivity contribution is 0.268. The van der Waals surface area contributed by atoms with Crippen LogP contribution in [0.5, 0.6) is 5.75 Å². The second-order valence-electron chi connectivity index (χ2n) is 4.60. The van der Waals surface area contributed by atoms with Crippen LogP contribution in [0.25, 0.3) is 0 Å². The van der Waals surface area contributed by atoms with E-state index in [0.29, 0.717) is 0 Å². The minimum absolute atomic E-state index is 0.193. The maximum atomic E-state index is 9.10. The van der Waals surface area contributed by atoms with Crippen LogP contribution in [0.15, 0.2) is 12.1 Å². The average molecular weight is 251 g/mol. The number of aliphatic hydroxyl groups excluding tert-OH is 1. The number of hydrogen-bond donors (Lipinski definition) is 2. The zero-order chi connectivity index (χ0) is 13.5. The third-order valence-electron chi connectivity index (χ3n) is 3.38. The van der Waals surface area contributed by atoms with Gasteiger partial charge in [-0.2, -0.15) is 0 Å². The van der Waals surface area contributed by atoms with Crippen LogP contribution in [0.2, 0.25) is 0 Å². The van der Waals surface area contributed by atoms with Crippen LogP contribution in [-0.2, 0) is 0 Å². The van der Waals surface area contributed by atoms with Crippen LogP contribution in [0, 0.1) is 13.8 Å². The fourth-order valence-electron chi connectivity index (χ4n) is 2.15. The monoisotopic (exact) mass is 251 g/mol. The van der Waals surface area contributed by atoms with Gasteiger partial charge in [0.1, 0.15) is 5.75 Å². The van der Waals surface area contributed by atoms with Gasteiger partial charge in [-0.3, -0.25) is 0 Å². The van der Waals surface area contributed by atoms with Crippen molar-refractivity contribution in [3.05, 3.63) is 28.8 Å². The number of aliphatic hydroxyl groups is 1. The molecule has 0 amide bonds. The molecule has 0 bridgehead atoms. The van der Waals surface area contributed by atoms with Gasteiger partial charge in [-0.05, 0) is 56.5 Å². The van der Waals surface area contributed by atoms with Gasteiger partial charge in [0.25, 0.3) is 0 Å². The Hall–Kier alpha value is -1.06. The van der Waals surface area contributed by atoms with Crippen molar-refractivity contribution in [2.45, 2.75) is 39.7 Å². The largest absolute Gasteiger partial charge is 0.493 e. The Labute approximate surface area is 110 Å². The summed E-state index contributed by atoms with van der Waals surface area (Å²) < 4.78 is 5.73. The minimum atomic E-state index is 0.193. The van der Waals surface area contributed by atoms with E-state index in [4.69, 9.17) is 9.84 Å². The van der Waals surface area contributed by atoms with Crippen molar-refractivity contribution in [3.8, 4) is 5.75 Å². The van der Waals surface area contributed by atoms with Crippen LogP contribution in [0.4, 0.5) is 0 Å². The van der Waals surface area contributed by atoms with Crippen LogP contribution in [0.1, 0.15) is 42.5 Å². The van der Waals surface area contributed by atoms with Crippen LogP contribution >= 0.6 is 0 Å². The molecule has 1 aromatic carbocycles. The number of nitrogens with one attached hydrogen (secondary N) is 1. The molecule has 1 unspecified atom stereocenters. The first-order valence-corrected chi connectivity index (χ1v) is 6.66. The molecule has 0 heterocycles. The summed E-state index contributed by atoms with van der Waals surface area (Å²) in [6.45, 7) is 7.26. The van der Waals surface area contributed by atoms with Gasteiger partial charge in [-0.1, -0.05) is 13.0 Å². The standard InChI is InChI=1S/C15H25NO2/c1-5-10-18-15-7-6-13(11(2)12(15)3)14(16-4)8-9-17/h6-7,14,16-17H,5,8-10H2,1-4H3. The van der Waals surface area contributed by atoms with Gasteiger partial charge in [0.2, 0.25) is 0 Å². The summed E-state index contributed by atoms with van der Waals surface area (Å²) in [6, 6.07) is 4.34. The average Bonchev–Trinajstić information content (AvgIpc) is 2.38. The summed E-state index contributed by atoms with van der Waals surface area (Å²) in [6.07, 6.45) is 1.75. The van der Waals surface area contributed by atoms with Crippen molar-refractivity contribution in [2.24, 2.45) is 0 Å². The second-order valence-corrected chi connectivity index (χ2v) is 4.60. The van der Waals surface area contributed by atoms with E-state index >= 15 is 0 Å². The predicted molar refractivity (Wildman–Crippen MR) is 75.2 cm³/mol. The van der Waals surface area contributed by atoms with Gasteiger partial charge in [-0.15, -0.1) is 0 Å². The molecule has 0 saturated carbocycles. The highest BCUT2D eigenvalue weighted by atomic mass is 16.5. The van der Waals surface area contributed by atoms with E-state index in [1.165, 1.54) is 16.7 Å². The van der Waals surface area contributed by atoms with Crippen molar-refractivity contribution in [2.75, 3.05) is 20.3 Å². The molecule has 1 rings (SSSR count). The molecule has 0 aliphatic carbocycles. The van der Waals surface area contributed by atoms with Crippen molar-refractivity contribution in [1.82, 2.24) is 5.32 Å². The molecule has 0 saturated heterocycles. The molecular formula is C15H25NO2. The van der Waals surface area contributed by atoms with Crippen LogP contribution < -0.4 is 10.1 Å². The number of ether oxygens (including phenoxy) is 1. The molecule has 18 heavy (non-hydrogen) atoms. The molecule has 0 spiro atoms. The van der Waals surface area contributed by atoms with Gasteiger partial charge in [-0.25, -0.2) is 0 Å². The summed E-state index contributed by atoms with van der Waals surface area (Å²) in [5.41, 5.74) is 3.68. The predicted octanol–water partition coefficient (Wildman–Crippen LogP) is 2.74. The van der Waals surface area contributed by atoms with Crippen molar-refractivity contribution < 1.29 is 9.84 Å². The van der Waals surface area contributed by atoms with Crippen LogP contribution in [-0.4, -0.2) is 25.4 Å². The lowest BCUT2D eigenvalue weighted by atomic mass is 9.95. The number of benzene rings is 1. The molecule has 1 aromatic rings. The van der Waals surface area contributed by atoms with E-state index in [2.05, 4.69) is 32.2 Å². The molecule has 1 atom stereocenters. The van der Waals surface area contributed by atoms with Crippen molar-refractivity contribution in [3.63, 3.8) is 0 Å². The lowest BCUT2D eigenvalue weighted by Crippen LogP contribution is -2.19. The van der Waals surface area contributed by atoms with E-state index in [9.17, 15) is 0 Å². The summed E-state index contributed by atoms with van der Waals surface area (Å²) >= 11 is 0. The molecule has 0 fully saturated rings. The maximum absolute atomic E-state index is 9.10. The first kappa shape index (κ1) is 15.0. The molecule has 2 N–H and O–H groups in total. The number of rotatable bonds is 7. The van der Waals surface area contributed by atoms with E-state index in [0.717, 1.165) is 25.2 Å². The summed E-state index contributed by atoms with van der Waals surface area (Å²) in [5.74, 6) is 0.969. The zero-order valence-corrected chi connectivity index (χ0v) is 11.9. The molecule has 0 radical (unpaired) electrons. The van der Waals surface area contributed by atoms with E-state index in [-0.39, 0.29) is 12.6 Å². The van der Waals surface area contributed by atoms with Gasteiger partial charge in [0.15, 0.2) is 0 Å². The Bertz CT molecular complexity index is 377. The Morgan fingerprint density at radius 2 is 2.00 bits per heavy atom. The molecular weight excluding hydrogens is 226 g/mol. The van der Waals surface area contributed by atoms with E-state index < -0.39 is 0 Å². The molecule has 0 aliphatic heterocycles. The normalized spacial score (nSPS) is 12.5. The van der Waals surface area contributed by atoms with Crippen LogP contribution in [0.3, 0.4) is 0 Å². The van der Waals surface area contributed by atoms with Gasteiger partial charge in [0.05, 0.1) is 6.61 Å². The summed E-state index contributed by atoms with van der Waals surface area (Å²) in [4.78, 5) is 0. The molecule has 3 nitrogen and oxygen atoms in total. The highest BCUT2D eigenvalue weighted by Crippen LogP contribution is 2.29.